The van der Waals surface area contributed by atoms with E-state index in [9.17, 15) is 9.59 Å². The van der Waals surface area contributed by atoms with Crippen molar-refractivity contribution in [2.75, 3.05) is 39.8 Å². The molecule has 2 aliphatic rings. The molecule has 2 unspecified atom stereocenters. The van der Waals surface area contributed by atoms with E-state index in [1.165, 1.54) is 0 Å². The average molecular weight is 241 g/mol. The summed E-state index contributed by atoms with van der Waals surface area (Å²) in [4.78, 5) is 24.7. The lowest BCUT2D eigenvalue weighted by Crippen LogP contribution is -2.47. The van der Waals surface area contributed by atoms with E-state index >= 15 is 0 Å². The zero-order valence-electron chi connectivity index (χ0n) is 10.1. The number of amides is 2. The van der Waals surface area contributed by atoms with Crippen molar-refractivity contribution in [1.29, 1.82) is 0 Å². The molecule has 0 bridgehead atoms. The maximum absolute atomic E-state index is 12.0. The first-order valence-electron chi connectivity index (χ1n) is 6.01. The Morgan fingerprint density at radius 1 is 1.53 bits per heavy atom. The van der Waals surface area contributed by atoms with Gasteiger partial charge in [0.1, 0.15) is 0 Å². The van der Waals surface area contributed by atoms with Gasteiger partial charge in [-0.25, -0.2) is 0 Å². The number of carbonyl (C=O) groups is 2. The molecule has 2 fully saturated rings. The lowest BCUT2D eigenvalue weighted by Gasteiger charge is -2.29. The minimum Gasteiger partial charge on any atom is -0.374 e. The molecule has 0 radical (unpaired) electrons. The van der Waals surface area contributed by atoms with Gasteiger partial charge in [0, 0.05) is 39.6 Å². The normalized spacial score (nSPS) is 28.9. The number of nitrogens with zero attached hydrogens (tertiary/aromatic N) is 1. The second kappa shape index (κ2) is 5.46. The van der Waals surface area contributed by atoms with Crippen molar-refractivity contribution in [1.82, 2.24) is 15.5 Å². The van der Waals surface area contributed by atoms with Gasteiger partial charge in [-0.3, -0.25) is 9.59 Å². The van der Waals surface area contributed by atoms with Crippen molar-refractivity contribution in [3.63, 3.8) is 0 Å². The summed E-state index contributed by atoms with van der Waals surface area (Å²) in [6, 6.07) is 0. The van der Waals surface area contributed by atoms with Crippen LogP contribution in [-0.2, 0) is 14.3 Å². The van der Waals surface area contributed by atoms with Gasteiger partial charge in [-0.15, -0.1) is 0 Å². The van der Waals surface area contributed by atoms with Crippen molar-refractivity contribution < 1.29 is 14.3 Å². The first kappa shape index (κ1) is 12.3. The molecule has 0 aliphatic carbocycles. The third kappa shape index (κ3) is 3.17. The highest BCUT2D eigenvalue weighted by atomic mass is 16.5. The summed E-state index contributed by atoms with van der Waals surface area (Å²) < 4.78 is 5.54. The minimum atomic E-state index is -0.205. The molecule has 2 rings (SSSR count). The van der Waals surface area contributed by atoms with E-state index in [0.29, 0.717) is 26.1 Å². The molecule has 2 amide bonds. The van der Waals surface area contributed by atoms with Gasteiger partial charge in [0.15, 0.2) is 0 Å². The van der Waals surface area contributed by atoms with Gasteiger partial charge in [0.05, 0.1) is 18.6 Å². The van der Waals surface area contributed by atoms with Crippen LogP contribution in [0.1, 0.15) is 6.42 Å². The molecule has 0 saturated carbocycles. The summed E-state index contributed by atoms with van der Waals surface area (Å²) in [5.41, 5.74) is 0. The Morgan fingerprint density at radius 2 is 2.35 bits per heavy atom. The number of nitrogens with one attached hydrogen (secondary N) is 2. The highest BCUT2D eigenvalue weighted by Crippen LogP contribution is 2.12. The second-order valence-corrected chi connectivity index (χ2v) is 4.62. The monoisotopic (exact) mass is 241 g/mol. The van der Waals surface area contributed by atoms with Crippen LogP contribution >= 0.6 is 0 Å². The molecular weight excluding hydrogens is 222 g/mol. The SMILES string of the molecule is CN(CC1CNCCO1)C(=O)C1CNC(=O)C1. The molecule has 2 heterocycles. The van der Waals surface area contributed by atoms with Gasteiger partial charge in [0.25, 0.3) is 0 Å². The average Bonchev–Trinajstić information content (AvgIpc) is 2.76. The number of rotatable bonds is 3. The Balaban J connectivity index is 1.80. The molecule has 2 aliphatic heterocycles. The fourth-order valence-corrected chi connectivity index (χ4v) is 2.22. The van der Waals surface area contributed by atoms with E-state index in [1.807, 2.05) is 0 Å². The second-order valence-electron chi connectivity index (χ2n) is 4.62. The predicted octanol–water partition coefficient (Wildman–Crippen LogP) is -1.43. The standard InChI is InChI=1S/C11H19N3O3/c1-14(7-9-6-12-2-3-17-9)11(16)8-4-10(15)13-5-8/h8-9,12H,2-7H2,1H3,(H,13,15). The van der Waals surface area contributed by atoms with E-state index in [4.69, 9.17) is 4.74 Å². The van der Waals surface area contributed by atoms with E-state index in [2.05, 4.69) is 10.6 Å². The third-order valence-corrected chi connectivity index (χ3v) is 3.18. The van der Waals surface area contributed by atoms with E-state index in [-0.39, 0.29) is 23.8 Å². The van der Waals surface area contributed by atoms with Crippen LogP contribution in [0.3, 0.4) is 0 Å². The molecule has 96 valence electrons. The molecule has 0 spiro atoms. The number of morpholine rings is 1. The number of hydrogen-bond donors (Lipinski definition) is 2. The third-order valence-electron chi connectivity index (χ3n) is 3.18. The van der Waals surface area contributed by atoms with E-state index in [1.54, 1.807) is 11.9 Å². The number of ether oxygens (including phenoxy) is 1. The van der Waals surface area contributed by atoms with Gasteiger partial charge in [-0.05, 0) is 0 Å². The van der Waals surface area contributed by atoms with Crippen LogP contribution in [0.5, 0.6) is 0 Å². The maximum atomic E-state index is 12.0. The Hall–Kier alpha value is -1.14. The number of carbonyl (C=O) groups excluding carboxylic acids is 2. The molecule has 6 heteroatoms. The molecule has 2 atom stereocenters. The summed E-state index contributed by atoms with van der Waals surface area (Å²) >= 11 is 0. The van der Waals surface area contributed by atoms with Crippen molar-refractivity contribution >= 4 is 11.8 Å². The van der Waals surface area contributed by atoms with E-state index in [0.717, 1.165) is 13.1 Å². The fourth-order valence-electron chi connectivity index (χ4n) is 2.22. The summed E-state index contributed by atoms with van der Waals surface area (Å²) in [6.07, 6.45) is 0.371. The van der Waals surface area contributed by atoms with Crippen molar-refractivity contribution in [3.8, 4) is 0 Å². The van der Waals surface area contributed by atoms with Gasteiger partial charge in [-0.1, -0.05) is 0 Å². The topological polar surface area (TPSA) is 70.7 Å². The minimum absolute atomic E-state index is 0.0255. The largest absolute Gasteiger partial charge is 0.374 e. The Morgan fingerprint density at radius 3 is 2.94 bits per heavy atom. The zero-order valence-corrected chi connectivity index (χ0v) is 10.1. The molecular formula is C11H19N3O3. The van der Waals surface area contributed by atoms with Crippen LogP contribution in [0.15, 0.2) is 0 Å². The summed E-state index contributed by atoms with van der Waals surface area (Å²) in [5, 5.41) is 5.91. The fraction of sp³-hybridized carbons (Fsp3) is 0.818. The van der Waals surface area contributed by atoms with Crippen LogP contribution in [0, 0.1) is 5.92 Å². The zero-order chi connectivity index (χ0) is 12.3. The van der Waals surface area contributed by atoms with Crippen LogP contribution in [0.4, 0.5) is 0 Å². The highest BCUT2D eigenvalue weighted by Gasteiger charge is 2.31. The van der Waals surface area contributed by atoms with Gasteiger partial charge >= 0.3 is 0 Å². The molecule has 0 aromatic carbocycles. The predicted molar refractivity (Wildman–Crippen MR) is 61.4 cm³/mol. The van der Waals surface area contributed by atoms with Gasteiger partial charge < -0.3 is 20.3 Å². The quantitative estimate of drug-likeness (QED) is 0.635. The molecule has 6 nitrogen and oxygen atoms in total. The van der Waals surface area contributed by atoms with Crippen LogP contribution < -0.4 is 10.6 Å². The van der Waals surface area contributed by atoms with Crippen molar-refractivity contribution in [2.24, 2.45) is 5.92 Å². The molecule has 0 aromatic rings. The summed E-state index contributed by atoms with van der Waals surface area (Å²) in [5.74, 6) is -0.214. The number of hydrogen-bond acceptors (Lipinski definition) is 4. The molecule has 2 saturated heterocycles. The van der Waals surface area contributed by atoms with Gasteiger partial charge in [-0.2, -0.15) is 0 Å². The van der Waals surface area contributed by atoms with Crippen LogP contribution in [-0.4, -0.2) is 62.7 Å². The van der Waals surface area contributed by atoms with Crippen molar-refractivity contribution in [3.05, 3.63) is 0 Å². The highest BCUT2D eigenvalue weighted by molar-refractivity contribution is 5.89. The molecule has 0 aromatic heterocycles. The molecule has 17 heavy (non-hydrogen) atoms. The number of likely N-dealkylation sites (N-methyl/N-ethyl adjacent to an activating group) is 1. The maximum Gasteiger partial charge on any atom is 0.227 e. The Labute approximate surface area is 101 Å². The van der Waals surface area contributed by atoms with Crippen molar-refractivity contribution in [2.45, 2.75) is 12.5 Å². The summed E-state index contributed by atoms with van der Waals surface area (Å²) in [7, 11) is 1.77. The first-order chi connectivity index (χ1) is 8.16. The van der Waals surface area contributed by atoms with Gasteiger partial charge in [0.2, 0.25) is 11.8 Å². The Kier molecular flexibility index (Phi) is 3.96. The Bertz CT molecular complexity index is 302. The molecule has 2 N–H and O–H groups in total. The lowest BCUT2D eigenvalue weighted by molar-refractivity contribution is -0.136. The summed E-state index contributed by atoms with van der Waals surface area (Å²) in [6.45, 7) is 3.38. The first-order valence-corrected chi connectivity index (χ1v) is 6.01. The van der Waals surface area contributed by atoms with Crippen LogP contribution in [0.25, 0.3) is 0 Å². The smallest absolute Gasteiger partial charge is 0.227 e. The van der Waals surface area contributed by atoms with E-state index < -0.39 is 0 Å². The lowest BCUT2D eigenvalue weighted by atomic mass is 10.1. The van der Waals surface area contributed by atoms with Crippen LogP contribution in [0.2, 0.25) is 0 Å².